The quantitative estimate of drug-likeness (QED) is 0.762. The maximum absolute atomic E-state index is 14.1. The van der Waals surface area contributed by atoms with Crippen molar-refractivity contribution in [2.45, 2.75) is 18.4 Å². The molecule has 1 saturated carbocycles. The number of aromatic hydroxyl groups is 2. The summed E-state index contributed by atoms with van der Waals surface area (Å²) >= 11 is 0. The Hall–Kier alpha value is -2.23. The SMILES string of the molecule is Oc1cc(F)c2c(c1)OC1(CC1)c1cc(O)ccc1-2. The fourth-order valence-corrected chi connectivity index (χ4v) is 2.79. The van der Waals surface area contributed by atoms with Crippen LogP contribution in [0.3, 0.4) is 0 Å². The van der Waals surface area contributed by atoms with Gasteiger partial charge in [0.15, 0.2) is 0 Å². The van der Waals surface area contributed by atoms with Crippen molar-refractivity contribution in [1.29, 1.82) is 0 Å². The molecule has 2 aromatic rings. The average Bonchev–Trinajstić information content (AvgIpc) is 3.09. The van der Waals surface area contributed by atoms with Crippen molar-refractivity contribution in [2.75, 3.05) is 0 Å². The fraction of sp³-hybridized carbons (Fsp3) is 0.200. The molecule has 1 spiro atoms. The van der Waals surface area contributed by atoms with Gasteiger partial charge in [0, 0.05) is 17.7 Å². The van der Waals surface area contributed by atoms with Gasteiger partial charge < -0.3 is 14.9 Å². The number of benzene rings is 2. The predicted octanol–water partition coefficient (Wildman–Crippen LogP) is 3.29. The Bertz CT molecular complexity index is 705. The van der Waals surface area contributed by atoms with Crippen LogP contribution in [0, 0.1) is 5.82 Å². The first kappa shape index (κ1) is 10.7. The van der Waals surface area contributed by atoms with E-state index in [1.165, 1.54) is 12.1 Å². The number of phenols is 2. The second-order valence-electron chi connectivity index (χ2n) is 5.13. The molecule has 1 heterocycles. The van der Waals surface area contributed by atoms with Crippen LogP contribution in [0.25, 0.3) is 11.1 Å². The van der Waals surface area contributed by atoms with Gasteiger partial charge in [0.05, 0.1) is 5.56 Å². The van der Waals surface area contributed by atoms with Crippen LogP contribution in [0.2, 0.25) is 0 Å². The monoisotopic (exact) mass is 258 g/mol. The summed E-state index contributed by atoms with van der Waals surface area (Å²) in [6.07, 6.45) is 1.67. The van der Waals surface area contributed by atoms with E-state index in [9.17, 15) is 14.6 Å². The van der Waals surface area contributed by atoms with Crippen LogP contribution in [0.4, 0.5) is 4.39 Å². The van der Waals surface area contributed by atoms with Crippen LogP contribution < -0.4 is 4.74 Å². The number of rotatable bonds is 0. The number of hydrogen-bond donors (Lipinski definition) is 2. The molecule has 0 radical (unpaired) electrons. The number of halogens is 1. The molecule has 3 nitrogen and oxygen atoms in total. The summed E-state index contributed by atoms with van der Waals surface area (Å²) in [6.45, 7) is 0. The molecule has 96 valence electrons. The molecule has 1 aliphatic heterocycles. The van der Waals surface area contributed by atoms with Gasteiger partial charge in [-0.15, -0.1) is 0 Å². The van der Waals surface area contributed by atoms with Crippen LogP contribution in [0.15, 0.2) is 30.3 Å². The highest BCUT2D eigenvalue weighted by atomic mass is 19.1. The molecule has 2 N–H and O–H groups in total. The summed E-state index contributed by atoms with van der Waals surface area (Å²) in [6, 6.07) is 7.39. The third-order valence-electron chi connectivity index (χ3n) is 3.81. The van der Waals surface area contributed by atoms with Crippen LogP contribution in [0.1, 0.15) is 18.4 Å². The van der Waals surface area contributed by atoms with Crippen molar-refractivity contribution in [2.24, 2.45) is 0 Å². The van der Waals surface area contributed by atoms with Gasteiger partial charge in [-0.25, -0.2) is 4.39 Å². The molecule has 0 aromatic heterocycles. The van der Waals surface area contributed by atoms with Gasteiger partial charge in [-0.3, -0.25) is 0 Å². The third-order valence-corrected chi connectivity index (χ3v) is 3.81. The molecule has 1 fully saturated rings. The Morgan fingerprint density at radius 2 is 1.84 bits per heavy atom. The molecule has 1 aliphatic carbocycles. The topological polar surface area (TPSA) is 49.7 Å². The first-order valence-electron chi connectivity index (χ1n) is 6.14. The standard InChI is InChI=1S/C15H11FO3/c16-12-6-9(18)7-13-14(12)10-2-1-8(17)5-11(10)15(19-13)3-4-15/h1-2,5-7,17-18H,3-4H2. The predicted molar refractivity (Wildman–Crippen MR) is 66.7 cm³/mol. The Morgan fingerprint density at radius 1 is 1.05 bits per heavy atom. The van der Waals surface area contributed by atoms with Gasteiger partial charge >= 0.3 is 0 Å². The van der Waals surface area contributed by atoms with Gasteiger partial charge in [-0.2, -0.15) is 0 Å². The summed E-state index contributed by atoms with van der Waals surface area (Å²) in [5, 5.41) is 19.1. The highest BCUT2D eigenvalue weighted by molar-refractivity contribution is 5.79. The summed E-state index contributed by atoms with van der Waals surface area (Å²) in [5.41, 5.74) is 1.45. The highest BCUT2D eigenvalue weighted by Gasteiger charge is 2.52. The lowest BCUT2D eigenvalue weighted by Crippen LogP contribution is -2.21. The lowest BCUT2D eigenvalue weighted by molar-refractivity contribution is 0.175. The van der Waals surface area contributed by atoms with E-state index in [4.69, 9.17) is 4.74 Å². The smallest absolute Gasteiger partial charge is 0.138 e. The van der Waals surface area contributed by atoms with E-state index in [1.54, 1.807) is 12.1 Å². The molecule has 0 amide bonds. The van der Waals surface area contributed by atoms with Crippen molar-refractivity contribution >= 4 is 0 Å². The minimum atomic E-state index is -0.516. The molecule has 4 heteroatoms. The van der Waals surface area contributed by atoms with E-state index >= 15 is 0 Å². The van der Waals surface area contributed by atoms with Crippen LogP contribution in [-0.4, -0.2) is 10.2 Å². The molecule has 2 aromatic carbocycles. The van der Waals surface area contributed by atoms with Crippen molar-refractivity contribution in [3.63, 3.8) is 0 Å². The normalized spacial score (nSPS) is 17.5. The van der Waals surface area contributed by atoms with E-state index in [0.29, 0.717) is 11.3 Å². The van der Waals surface area contributed by atoms with Crippen molar-refractivity contribution in [1.82, 2.24) is 0 Å². The molecule has 0 bridgehead atoms. The Labute approximate surface area is 108 Å². The molecule has 4 rings (SSSR count). The first-order chi connectivity index (χ1) is 9.09. The Kier molecular flexibility index (Phi) is 1.80. The second kappa shape index (κ2) is 3.20. The van der Waals surface area contributed by atoms with Gasteiger partial charge in [0.1, 0.15) is 28.7 Å². The molecule has 2 aliphatic rings. The van der Waals surface area contributed by atoms with E-state index in [2.05, 4.69) is 0 Å². The first-order valence-corrected chi connectivity index (χ1v) is 6.14. The van der Waals surface area contributed by atoms with Crippen molar-refractivity contribution in [3.8, 4) is 28.4 Å². The van der Waals surface area contributed by atoms with Crippen molar-refractivity contribution in [3.05, 3.63) is 41.7 Å². The largest absolute Gasteiger partial charge is 0.508 e. The molecule has 0 atom stereocenters. The zero-order valence-corrected chi connectivity index (χ0v) is 9.98. The van der Waals surface area contributed by atoms with Gasteiger partial charge in [0.25, 0.3) is 0 Å². The Morgan fingerprint density at radius 3 is 2.58 bits per heavy atom. The highest BCUT2D eigenvalue weighted by Crippen LogP contribution is 2.58. The number of phenolic OH excluding ortho intramolecular Hbond substituents is 2. The summed E-state index contributed by atoms with van der Waals surface area (Å²) in [4.78, 5) is 0. The molecular formula is C15H11FO3. The van der Waals surface area contributed by atoms with Crippen LogP contribution in [-0.2, 0) is 5.60 Å². The van der Waals surface area contributed by atoms with Gasteiger partial charge in [-0.05, 0) is 30.5 Å². The Balaban J connectivity index is 2.06. The summed E-state index contributed by atoms with van der Waals surface area (Å²) in [7, 11) is 0. The maximum Gasteiger partial charge on any atom is 0.138 e. The van der Waals surface area contributed by atoms with Crippen molar-refractivity contribution < 1.29 is 19.3 Å². The minimum absolute atomic E-state index is 0.144. The molecule has 0 saturated heterocycles. The maximum atomic E-state index is 14.1. The van der Waals surface area contributed by atoms with E-state index in [1.807, 2.05) is 0 Å². The zero-order chi connectivity index (χ0) is 13.2. The van der Waals surface area contributed by atoms with Gasteiger partial charge in [-0.1, -0.05) is 6.07 Å². The van der Waals surface area contributed by atoms with E-state index < -0.39 is 11.4 Å². The zero-order valence-electron chi connectivity index (χ0n) is 9.98. The third kappa shape index (κ3) is 1.37. The van der Waals surface area contributed by atoms with Crippen LogP contribution in [0.5, 0.6) is 17.2 Å². The second-order valence-corrected chi connectivity index (χ2v) is 5.13. The fourth-order valence-electron chi connectivity index (χ4n) is 2.79. The summed E-state index contributed by atoms with van der Waals surface area (Å²) < 4.78 is 19.9. The minimum Gasteiger partial charge on any atom is -0.508 e. The lowest BCUT2D eigenvalue weighted by Gasteiger charge is -2.29. The molecular weight excluding hydrogens is 247 g/mol. The molecule has 0 unspecified atom stereocenters. The molecule has 19 heavy (non-hydrogen) atoms. The van der Waals surface area contributed by atoms with Gasteiger partial charge in [0.2, 0.25) is 0 Å². The number of fused-ring (bicyclic) bond motifs is 4. The van der Waals surface area contributed by atoms with E-state index in [-0.39, 0.29) is 11.5 Å². The van der Waals surface area contributed by atoms with Crippen LogP contribution >= 0.6 is 0 Å². The summed E-state index contributed by atoms with van der Waals surface area (Å²) in [5.74, 6) is -0.142. The lowest BCUT2D eigenvalue weighted by atomic mass is 9.90. The average molecular weight is 258 g/mol. The van der Waals surface area contributed by atoms with E-state index in [0.717, 1.165) is 30.0 Å². The number of ether oxygens (including phenoxy) is 1. The number of hydrogen-bond acceptors (Lipinski definition) is 3.